The summed E-state index contributed by atoms with van der Waals surface area (Å²) >= 11 is 0. The molecule has 3 heterocycles. The van der Waals surface area contributed by atoms with Crippen LogP contribution in [0.4, 0.5) is 4.39 Å². The number of amides is 5. The number of carbonyl (C=O) groups is 5. The van der Waals surface area contributed by atoms with Crippen molar-refractivity contribution in [3.05, 3.63) is 95.3 Å². The van der Waals surface area contributed by atoms with Crippen LogP contribution in [0.5, 0.6) is 11.5 Å². The van der Waals surface area contributed by atoms with Crippen LogP contribution in [0.15, 0.2) is 72.8 Å². The fourth-order valence-electron chi connectivity index (χ4n) is 5.94. The lowest BCUT2D eigenvalue weighted by atomic mass is 9.99. The highest BCUT2D eigenvalue weighted by Gasteiger charge is 2.33. The van der Waals surface area contributed by atoms with Crippen LogP contribution in [0, 0.1) is 11.7 Å². The fraction of sp³-hybridized carbons (Fsp3) is 0.378. The normalized spacial score (nSPS) is 20.8. The molecule has 1 saturated heterocycles. The second-order valence-electron chi connectivity index (χ2n) is 12.9. The standard InChI is InChI=1S/C37H42FN5O6/c1-23(2)18-29-35(46)42-31(37(48)43-16-14-33(44)39-15-17-43)20-25-8-11-27(12-9-25)49-32-21-26(10-13-28(32)38)22-34(45)40-30(36(47)41-29)19-24-6-4-3-5-7-24/h3-13,21,23,29-31H,14-20,22H2,1-2H3,(H,39,44)(H,40,45)(H,41,47)(H,42,46)/t29-,30+,31-/m0/s1. The summed E-state index contributed by atoms with van der Waals surface area (Å²) in [5.41, 5.74) is 1.97. The fourth-order valence-corrected chi connectivity index (χ4v) is 5.94. The third-order valence-electron chi connectivity index (χ3n) is 8.46. The van der Waals surface area contributed by atoms with Crippen LogP contribution in [0.2, 0.25) is 0 Å². The molecule has 6 rings (SSSR count). The summed E-state index contributed by atoms with van der Waals surface area (Å²) in [6.45, 7) is 4.60. The van der Waals surface area contributed by atoms with Gasteiger partial charge in [-0.1, -0.05) is 62.4 Å². The molecule has 5 amide bonds. The molecule has 49 heavy (non-hydrogen) atoms. The second-order valence-corrected chi connectivity index (χ2v) is 12.9. The van der Waals surface area contributed by atoms with Crippen molar-refractivity contribution < 1.29 is 33.1 Å². The lowest BCUT2D eigenvalue weighted by Gasteiger charge is -2.29. The summed E-state index contributed by atoms with van der Waals surface area (Å²) in [5, 5.41) is 11.3. The van der Waals surface area contributed by atoms with Gasteiger partial charge in [0.1, 0.15) is 23.9 Å². The maximum atomic E-state index is 14.8. The van der Waals surface area contributed by atoms with Crippen LogP contribution in [-0.2, 0) is 43.2 Å². The highest BCUT2D eigenvalue weighted by Crippen LogP contribution is 2.27. The minimum absolute atomic E-state index is 0.00288. The van der Waals surface area contributed by atoms with E-state index in [2.05, 4.69) is 21.3 Å². The minimum atomic E-state index is -1.04. The van der Waals surface area contributed by atoms with Crippen LogP contribution >= 0.6 is 0 Å². The van der Waals surface area contributed by atoms with Crippen LogP contribution in [0.1, 0.15) is 43.4 Å². The van der Waals surface area contributed by atoms with Crippen molar-refractivity contribution in [1.82, 2.24) is 26.2 Å². The molecule has 0 unspecified atom stereocenters. The van der Waals surface area contributed by atoms with E-state index in [0.29, 0.717) is 16.9 Å². The number of carbonyl (C=O) groups excluding carboxylic acids is 5. The van der Waals surface area contributed by atoms with Gasteiger partial charge in [0.15, 0.2) is 11.6 Å². The number of halogens is 1. The molecule has 0 saturated carbocycles. The van der Waals surface area contributed by atoms with Crippen molar-refractivity contribution in [2.45, 2.75) is 64.1 Å². The molecule has 1 fully saturated rings. The average Bonchev–Trinajstić information content (AvgIpc) is 3.30. The largest absolute Gasteiger partial charge is 0.454 e. The number of nitrogens with one attached hydrogen (secondary N) is 4. The van der Waals surface area contributed by atoms with Gasteiger partial charge in [0, 0.05) is 38.9 Å². The van der Waals surface area contributed by atoms with E-state index >= 15 is 0 Å². The van der Waals surface area contributed by atoms with E-state index in [0.717, 1.165) is 5.56 Å². The molecule has 3 aromatic rings. The molecule has 258 valence electrons. The molecule has 0 radical (unpaired) electrons. The van der Waals surface area contributed by atoms with Crippen LogP contribution < -0.4 is 26.0 Å². The van der Waals surface area contributed by atoms with Crippen molar-refractivity contribution in [3.63, 3.8) is 0 Å². The van der Waals surface area contributed by atoms with Gasteiger partial charge in [0.2, 0.25) is 29.5 Å². The Hall–Kier alpha value is -5.26. The van der Waals surface area contributed by atoms with E-state index in [1.165, 1.54) is 18.2 Å². The molecule has 0 spiro atoms. The SMILES string of the molecule is CC(C)C[C@@H]1NC(=O)[C@@H](Cc2ccccc2)NC(=O)Cc2ccc(F)c(c2)Oc2ccc(cc2)C[C@@H](C(=O)N2CCNC(=O)CC2)NC1=O. The number of rotatable bonds is 5. The van der Waals surface area contributed by atoms with E-state index in [1.54, 1.807) is 29.2 Å². The molecule has 3 aliphatic heterocycles. The van der Waals surface area contributed by atoms with Gasteiger partial charge >= 0.3 is 0 Å². The number of hydrogen-bond acceptors (Lipinski definition) is 6. The Morgan fingerprint density at radius 3 is 2.31 bits per heavy atom. The Labute approximate surface area is 285 Å². The van der Waals surface area contributed by atoms with Crippen molar-refractivity contribution in [3.8, 4) is 11.5 Å². The first kappa shape index (κ1) is 35.1. The quantitative estimate of drug-likeness (QED) is 0.307. The van der Waals surface area contributed by atoms with Crippen molar-refractivity contribution in [2.75, 3.05) is 19.6 Å². The summed E-state index contributed by atoms with van der Waals surface area (Å²) in [6, 6.07) is 17.0. The zero-order valence-electron chi connectivity index (χ0n) is 27.7. The van der Waals surface area contributed by atoms with Crippen molar-refractivity contribution >= 4 is 29.5 Å². The van der Waals surface area contributed by atoms with Gasteiger partial charge in [-0.2, -0.15) is 0 Å². The van der Waals surface area contributed by atoms with Gasteiger partial charge in [-0.15, -0.1) is 0 Å². The second kappa shape index (κ2) is 16.2. The highest BCUT2D eigenvalue weighted by atomic mass is 19.1. The summed E-state index contributed by atoms with van der Waals surface area (Å²) in [4.78, 5) is 68.6. The molecule has 3 aliphatic rings. The highest BCUT2D eigenvalue weighted by molar-refractivity contribution is 5.95. The van der Waals surface area contributed by atoms with E-state index in [4.69, 9.17) is 4.74 Å². The molecule has 12 heteroatoms. The summed E-state index contributed by atoms with van der Waals surface area (Å²) < 4.78 is 20.6. The first-order valence-electron chi connectivity index (χ1n) is 16.6. The molecule has 4 N–H and O–H groups in total. The molecule has 3 atom stereocenters. The Bertz CT molecular complexity index is 1670. The third-order valence-corrected chi connectivity index (χ3v) is 8.46. The molecule has 4 bridgehead atoms. The van der Waals surface area contributed by atoms with E-state index < -0.39 is 41.7 Å². The number of ether oxygens (including phenoxy) is 1. The summed E-state index contributed by atoms with van der Waals surface area (Å²) in [7, 11) is 0. The van der Waals surface area contributed by atoms with Crippen LogP contribution in [0.3, 0.4) is 0 Å². The molecular formula is C37H42FN5O6. The van der Waals surface area contributed by atoms with Gasteiger partial charge in [0.05, 0.1) is 6.42 Å². The Morgan fingerprint density at radius 2 is 1.57 bits per heavy atom. The smallest absolute Gasteiger partial charge is 0.245 e. The monoisotopic (exact) mass is 671 g/mol. The van der Waals surface area contributed by atoms with Gasteiger partial charge in [-0.05, 0) is 53.3 Å². The number of fused-ring (bicyclic) bond motifs is 12. The Balaban J connectivity index is 1.50. The predicted octanol–water partition coefficient (Wildman–Crippen LogP) is 2.81. The number of benzene rings is 3. The Kier molecular flexibility index (Phi) is 11.6. The van der Waals surface area contributed by atoms with Crippen LogP contribution in [-0.4, -0.2) is 72.2 Å². The average molecular weight is 672 g/mol. The zero-order valence-corrected chi connectivity index (χ0v) is 27.7. The van der Waals surface area contributed by atoms with Gasteiger partial charge < -0.3 is 30.9 Å². The Morgan fingerprint density at radius 1 is 0.857 bits per heavy atom. The van der Waals surface area contributed by atoms with Gasteiger partial charge in [-0.25, -0.2) is 4.39 Å². The molecule has 0 aromatic heterocycles. The van der Waals surface area contributed by atoms with E-state index in [9.17, 15) is 28.4 Å². The van der Waals surface area contributed by atoms with E-state index in [-0.39, 0.29) is 75.2 Å². The number of hydrogen-bond donors (Lipinski definition) is 4. The maximum Gasteiger partial charge on any atom is 0.245 e. The summed E-state index contributed by atoms with van der Waals surface area (Å²) in [5.74, 6) is -2.46. The van der Waals surface area contributed by atoms with E-state index in [1.807, 2.05) is 44.2 Å². The van der Waals surface area contributed by atoms with Gasteiger partial charge in [0.25, 0.3) is 0 Å². The van der Waals surface area contributed by atoms with Gasteiger partial charge in [-0.3, -0.25) is 24.0 Å². The molecule has 11 nitrogen and oxygen atoms in total. The number of nitrogens with zero attached hydrogens (tertiary/aromatic N) is 1. The maximum absolute atomic E-state index is 14.8. The lowest BCUT2D eigenvalue weighted by molar-refractivity contribution is -0.137. The zero-order chi connectivity index (χ0) is 34.9. The first-order valence-corrected chi connectivity index (χ1v) is 16.6. The molecule has 0 aliphatic carbocycles. The third kappa shape index (κ3) is 9.88. The van der Waals surface area contributed by atoms with Crippen molar-refractivity contribution in [1.29, 1.82) is 0 Å². The topological polar surface area (TPSA) is 146 Å². The first-order chi connectivity index (χ1) is 23.5. The minimum Gasteiger partial charge on any atom is -0.454 e. The van der Waals surface area contributed by atoms with Crippen molar-refractivity contribution in [2.24, 2.45) is 5.92 Å². The lowest BCUT2D eigenvalue weighted by Crippen LogP contribution is -2.58. The predicted molar refractivity (Wildman–Crippen MR) is 180 cm³/mol. The molecule has 3 aromatic carbocycles. The molecular weight excluding hydrogens is 629 g/mol. The van der Waals surface area contributed by atoms with Crippen LogP contribution in [0.25, 0.3) is 0 Å². The summed E-state index contributed by atoms with van der Waals surface area (Å²) in [6.07, 6.45) is 0.532.